The third-order valence-corrected chi connectivity index (χ3v) is 3.09. The van der Waals surface area contributed by atoms with Gasteiger partial charge in [-0.05, 0) is 30.7 Å². The van der Waals surface area contributed by atoms with Crippen molar-refractivity contribution in [2.45, 2.75) is 6.92 Å². The summed E-state index contributed by atoms with van der Waals surface area (Å²) < 4.78 is 0. The topological polar surface area (TPSA) is 54.9 Å². The number of benzene rings is 1. The van der Waals surface area contributed by atoms with E-state index in [-0.39, 0.29) is 21.9 Å². The lowest BCUT2D eigenvalue weighted by Gasteiger charge is -2.08. The summed E-state index contributed by atoms with van der Waals surface area (Å²) in [4.78, 5) is 19.6. The van der Waals surface area contributed by atoms with Crippen molar-refractivity contribution in [1.29, 1.82) is 0 Å². The lowest BCUT2D eigenvalue weighted by Crippen LogP contribution is -2.13. The molecule has 7 heteroatoms. The molecule has 0 bridgehead atoms. The summed E-state index contributed by atoms with van der Waals surface area (Å²) in [7, 11) is 0. The van der Waals surface area contributed by atoms with Crippen molar-refractivity contribution >= 4 is 46.4 Å². The number of aromatic nitrogens is 2. The SMILES string of the molecule is Cc1cc(Cl)cc(C(=O)Nc2c(Cl)ncnc2Cl)c1. The third kappa shape index (κ3) is 3.35. The Hall–Kier alpha value is -1.36. The first kappa shape index (κ1) is 14.1. The number of rotatable bonds is 2. The van der Waals surface area contributed by atoms with Gasteiger partial charge in [0.05, 0.1) is 0 Å². The highest BCUT2D eigenvalue weighted by Gasteiger charge is 2.13. The van der Waals surface area contributed by atoms with E-state index in [1.54, 1.807) is 18.2 Å². The van der Waals surface area contributed by atoms with Crippen LogP contribution in [-0.2, 0) is 0 Å². The number of aryl methyl sites for hydroxylation is 1. The Morgan fingerprint density at radius 1 is 1.11 bits per heavy atom. The number of hydrogen-bond acceptors (Lipinski definition) is 3. The van der Waals surface area contributed by atoms with Crippen LogP contribution in [0.4, 0.5) is 5.69 Å². The van der Waals surface area contributed by atoms with Crippen molar-refractivity contribution in [1.82, 2.24) is 9.97 Å². The molecule has 1 heterocycles. The zero-order valence-electron chi connectivity index (χ0n) is 9.75. The maximum atomic E-state index is 12.1. The van der Waals surface area contributed by atoms with Crippen LogP contribution >= 0.6 is 34.8 Å². The monoisotopic (exact) mass is 315 g/mol. The molecule has 0 aliphatic rings. The molecule has 19 heavy (non-hydrogen) atoms. The van der Waals surface area contributed by atoms with Gasteiger partial charge < -0.3 is 5.32 Å². The molecule has 1 amide bonds. The molecule has 0 unspecified atom stereocenters. The maximum Gasteiger partial charge on any atom is 0.255 e. The molecule has 0 aliphatic carbocycles. The van der Waals surface area contributed by atoms with Gasteiger partial charge in [-0.25, -0.2) is 9.97 Å². The predicted octanol–water partition coefficient (Wildman–Crippen LogP) is 4.00. The van der Waals surface area contributed by atoms with E-state index in [9.17, 15) is 4.79 Å². The van der Waals surface area contributed by atoms with E-state index in [1.165, 1.54) is 6.33 Å². The predicted molar refractivity (Wildman–Crippen MR) is 76.2 cm³/mol. The highest BCUT2D eigenvalue weighted by molar-refractivity contribution is 6.38. The largest absolute Gasteiger partial charge is 0.317 e. The van der Waals surface area contributed by atoms with Crippen LogP contribution < -0.4 is 5.32 Å². The van der Waals surface area contributed by atoms with Gasteiger partial charge in [0.15, 0.2) is 10.3 Å². The normalized spacial score (nSPS) is 10.3. The summed E-state index contributed by atoms with van der Waals surface area (Å²) in [5.41, 5.74) is 1.45. The lowest BCUT2D eigenvalue weighted by molar-refractivity contribution is 0.102. The molecular formula is C12H8Cl3N3O. The zero-order chi connectivity index (χ0) is 14.0. The Balaban J connectivity index is 2.31. The molecule has 4 nitrogen and oxygen atoms in total. The Morgan fingerprint density at radius 3 is 2.32 bits per heavy atom. The van der Waals surface area contributed by atoms with Gasteiger partial charge in [-0.3, -0.25) is 4.79 Å². The summed E-state index contributed by atoms with van der Waals surface area (Å²) in [6.45, 7) is 1.84. The van der Waals surface area contributed by atoms with Gasteiger partial charge in [0.25, 0.3) is 5.91 Å². The molecule has 0 spiro atoms. The lowest BCUT2D eigenvalue weighted by atomic mass is 10.1. The Labute approximate surface area is 124 Å². The van der Waals surface area contributed by atoms with Gasteiger partial charge in [0.2, 0.25) is 0 Å². The second kappa shape index (κ2) is 5.74. The summed E-state index contributed by atoms with van der Waals surface area (Å²) in [5, 5.41) is 3.19. The average molecular weight is 317 g/mol. The van der Waals surface area contributed by atoms with E-state index in [0.29, 0.717) is 10.6 Å². The number of carbonyl (C=O) groups is 1. The van der Waals surface area contributed by atoms with Gasteiger partial charge >= 0.3 is 0 Å². The molecule has 1 aromatic carbocycles. The second-order valence-corrected chi connectivity index (χ2v) is 4.95. The van der Waals surface area contributed by atoms with Gasteiger partial charge in [0, 0.05) is 10.6 Å². The van der Waals surface area contributed by atoms with Crippen molar-refractivity contribution < 1.29 is 4.79 Å². The number of carbonyl (C=O) groups excluding carboxylic acids is 1. The molecule has 98 valence electrons. The first-order valence-corrected chi connectivity index (χ1v) is 6.35. The summed E-state index contributed by atoms with van der Waals surface area (Å²) in [6, 6.07) is 5.01. The highest BCUT2D eigenvalue weighted by Crippen LogP contribution is 2.26. The molecule has 1 aromatic heterocycles. The highest BCUT2D eigenvalue weighted by atomic mass is 35.5. The first-order valence-electron chi connectivity index (χ1n) is 5.22. The van der Waals surface area contributed by atoms with Crippen molar-refractivity contribution in [3.63, 3.8) is 0 Å². The van der Waals surface area contributed by atoms with Crippen LogP contribution in [0.15, 0.2) is 24.5 Å². The van der Waals surface area contributed by atoms with Crippen LogP contribution in [-0.4, -0.2) is 15.9 Å². The fourth-order valence-electron chi connectivity index (χ4n) is 1.50. The molecule has 0 radical (unpaired) electrons. The molecule has 0 aliphatic heterocycles. The van der Waals surface area contributed by atoms with Crippen LogP contribution in [0.1, 0.15) is 15.9 Å². The molecular weight excluding hydrogens is 309 g/mol. The molecule has 2 aromatic rings. The summed E-state index contributed by atoms with van der Waals surface area (Å²) >= 11 is 17.6. The fraction of sp³-hybridized carbons (Fsp3) is 0.0833. The van der Waals surface area contributed by atoms with Crippen LogP contribution in [0.5, 0.6) is 0 Å². The van der Waals surface area contributed by atoms with E-state index in [4.69, 9.17) is 34.8 Å². The average Bonchev–Trinajstić information content (AvgIpc) is 2.32. The fourth-order valence-corrected chi connectivity index (χ4v) is 2.20. The molecule has 0 fully saturated rings. The Kier molecular flexibility index (Phi) is 4.24. The van der Waals surface area contributed by atoms with E-state index in [0.717, 1.165) is 5.56 Å². The van der Waals surface area contributed by atoms with Crippen molar-refractivity contribution in [2.75, 3.05) is 5.32 Å². The Morgan fingerprint density at radius 2 is 1.74 bits per heavy atom. The van der Waals surface area contributed by atoms with Crippen LogP contribution in [0.25, 0.3) is 0 Å². The summed E-state index contributed by atoms with van der Waals surface area (Å²) in [6.07, 6.45) is 1.21. The first-order chi connectivity index (χ1) is 8.97. The number of nitrogens with one attached hydrogen (secondary N) is 1. The van der Waals surface area contributed by atoms with Crippen molar-refractivity contribution in [3.8, 4) is 0 Å². The minimum Gasteiger partial charge on any atom is -0.317 e. The molecule has 0 saturated heterocycles. The standard InChI is InChI=1S/C12H8Cl3N3O/c1-6-2-7(4-8(13)3-6)12(19)18-9-10(14)16-5-17-11(9)15/h2-5H,1H3,(H,18,19). The quantitative estimate of drug-likeness (QED) is 0.852. The minimum absolute atomic E-state index is 0.0760. The van der Waals surface area contributed by atoms with Gasteiger partial charge in [-0.2, -0.15) is 0 Å². The van der Waals surface area contributed by atoms with Gasteiger partial charge in [-0.15, -0.1) is 0 Å². The smallest absolute Gasteiger partial charge is 0.255 e. The minimum atomic E-state index is -0.385. The number of halogens is 3. The van der Waals surface area contributed by atoms with E-state index in [2.05, 4.69) is 15.3 Å². The Bertz CT molecular complexity index is 606. The van der Waals surface area contributed by atoms with Crippen molar-refractivity contribution in [3.05, 3.63) is 51.0 Å². The molecule has 2 rings (SSSR count). The van der Waals surface area contributed by atoms with E-state index >= 15 is 0 Å². The van der Waals surface area contributed by atoms with E-state index < -0.39 is 0 Å². The van der Waals surface area contributed by atoms with E-state index in [1.807, 2.05) is 6.92 Å². The maximum absolute atomic E-state index is 12.1. The number of anilines is 1. The van der Waals surface area contributed by atoms with Crippen LogP contribution in [0.3, 0.4) is 0 Å². The second-order valence-electron chi connectivity index (χ2n) is 3.80. The van der Waals surface area contributed by atoms with Gasteiger partial charge in [0.1, 0.15) is 12.0 Å². The zero-order valence-corrected chi connectivity index (χ0v) is 12.0. The van der Waals surface area contributed by atoms with Crippen molar-refractivity contribution in [2.24, 2.45) is 0 Å². The van der Waals surface area contributed by atoms with Crippen LogP contribution in [0.2, 0.25) is 15.3 Å². The molecule has 0 saturated carbocycles. The van der Waals surface area contributed by atoms with Crippen LogP contribution in [0, 0.1) is 6.92 Å². The summed E-state index contributed by atoms with van der Waals surface area (Å²) in [5.74, 6) is -0.385. The number of hydrogen-bond donors (Lipinski definition) is 1. The van der Waals surface area contributed by atoms with Gasteiger partial charge in [-0.1, -0.05) is 34.8 Å². The molecule has 1 N–H and O–H groups in total. The third-order valence-electron chi connectivity index (χ3n) is 2.30. The number of nitrogens with zero attached hydrogens (tertiary/aromatic N) is 2. The molecule has 0 atom stereocenters. The number of amides is 1.